The number of nitrogens with two attached hydrogens (primary N) is 1. The van der Waals surface area contributed by atoms with Crippen LogP contribution in [-0.2, 0) is 16.2 Å². The summed E-state index contributed by atoms with van der Waals surface area (Å²) in [5.41, 5.74) is 0.601. The lowest BCUT2D eigenvalue weighted by Gasteiger charge is -2.29. The maximum absolute atomic E-state index is 13.6. The van der Waals surface area contributed by atoms with Crippen molar-refractivity contribution in [2.75, 3.05) is 12.4 Å². The zero-order valence-corrected chi connectivity index (χ0v) is 23.0. The number of amides is 1. The number of halogens is 3. The summed E-state index contributed by atoms with van der Waals surface area (Å²) in [7, 11) is -1.92. The summed E-state index contributed by atoms with van der Waals surface area (Å²) in [6.07, 6.45) is -2.80. The minimum Gasteiger partial charge on any atom is -0.321 e. The number of nitriles is 1. The van der Waals surface area contributed by atoms with Gasteiger partial charge in [0.05, 0.1) is 28.3 Å². The third kappa shape index (κ3) is 6.20. The van der Waals surface area contributed by atoms with Gasteiger partial charge in [-0.1, -0.05) is 30.3 Å². The molecule has 216 valence electrons. The number of primary sulfonamides is 1. The molecule has 0 aliphatic heterocycles. The van der Waals surface area contributed by atoms with Crippen molar-refractivity contribution in [1.29, 1.82) is 5.26 Å². The van der Waals surface area contributed by atoms with Gasteiger partial charge in [0.25, 0.3) is 5.91 Å². The normalized spacial score (nSPS) is 14.4. The van der Waals surface area contributed by atoms with E-state index in [9.17, 15) is 31.6 Å². The van der Waals surface area contributed by atoms with Crippen LogP contribution in [0.15, 0.2) is 83.8 Å². The Balaban J connectivity index is 1.49. The molecule has 42 heavy (non-hydrogen) atoms. The monoisotopic (exact) mass is 594 g/mol. The minimum atomic E-state index is -4.80. The van der Waals surface area contributed by atoms with Gasteiger partial charge in [0, 0.05) is 17.8 Å². The smallest absolute Gasteiger partial charge is 0.321 e. The van der Waals surface area contributed by atoms with Crippen molar-refractivity contribution in [1.82, 2.24) is 14.7 Å². The molecule has 3 N–H and O–H groups in total. The Labute approximate surface area is 240 Å². The lowest BCUT2D eigenvalue weighted by atomic mass is 9.96. The number of hydrogen-bond donors (Lipinski definition) is 2. The second kappa shape index (κ2) is 11.1. The molecule has 1 aliphatic rings. The van der Waals surface area contributed by atoms with E-state index >= 15 is 0 Å². The predicted molar refractivity (Wildman–Crippen MR) is 148 cm³/mol. The highest BCUT2D eigenvalue weighted by molar-refractivity contribution is 7.89. The first-order valence-corrected chi connectivity index (χ1v) is 14.3. The van der Waals surface area contributed by atoms with E-state index in [0.29, 0.717) is 17.8 Å². The molecule has 1 aliphatic carbocycles. The Bertz CT molecular complexity index is 1790. The third-order valence-corrected chi connectivity index (χ3v) is 7.90. The van der Waals surface area contributed by atoms with Crippen LogP contribution >= 0.6 is 0 Å². The van der Waals surface area contributed by atoms with Gasteiger partial charge in [0.15, 0.2) is 5.69 Å². The van der Waals surface area contributed by atoms with Crippen molar-refractivity contribution in [3.63, 3.8) is 0 Å². The molecule has 1 amide bonds. The number of rotatable bonds is 8. The van der Waals surface area contributed by atoms with Crippen molar-refractivity contribution >= 4 is 21.6 Å². The molecule has 0 bridgehead atoms. The van der Waals surface area contributed by atoms with Gasteiger partial charge in [-0.05, 0) is 73.5 Å². The molecular weight excluding hydrogens is 569 g/mol. The van der Waals surface area contributed by atoms with E-state index in [0.717, 1.165) is 28.7 Å². The molecule has 1 fully saturated rings. The molecule has 1 unspecified atom stereocenters. The molecule has 0 saturated heterocycles. The molecule has 4 aromatic rings. The van der Waals surface area contributed by atoms with Gasteiger partial charge in [0.1, 0.15) is 5.69 Å². The number of aromatic nitrogens is 2. The highest BCUT2D eigenvalue weighted by Gasteiger charge is 2.36. The largest absolute Gasteiger partial charge is 0.435 e. The number of benzene rings is 3. The highest BCUT2D eigenvalue weighted by atomic mass is 32.2. The van der Waals surface area contributed by atoms with E-state index in [1.54, 1.807) is 30.3 Å². The molecule has 0 spiro atoms. The van der Waals surface area contributed by atoms with Gasteiger partial charge in [-0.15, -0.1) is 0 Å². The molecule has 0 radical (unpaired) electrons. The lowest BCUT2D eigenvalue weighted by molar-refractivity contribution is -0.141. The van der Waals surface area contributed by atoms with E-state index in [2.05, 4.69) is 15.3 Å². The third-order valence-electron chi connectivity index (χ3n) is 6.97. The van der Waals surface area contributed by atoms with Crippen LogP contribution in [0, 0.1) is 11.3 Å². The number of sulfonamides is 1. The number of alkyl halides is 3. The Morgan fingerprint density at radius 1 is 1.07 bits per heavy atom. The van der Waals surface area contributed by atoms with Crippen LogP contribution in [0.25, 0.3) is 5.69 Å². The summed E-state index contributed by atoms with van der Waals surface area (Å²) in [5, 5.41) is 20.8. The van der Waals surface area contributed by atoms with Crippen molar-refractivity contribution in [3.8, 4) is 11.8 Å². The summed E-state index contributed by atoms with van der Waals surface area (Å²) in [5.74, 6) is -0.831. The van der Waals surface area contributed by atoms with Crippen LogP contribution in [0.4, 0.5) is 18.9 Å². The average molecular weight is 595 g/mol. The van der Waals surface area contributed by atoms with Crippen molar-refractivity contribution < 1.29 is 26.4 Å². The highest BCUT2D eigenvalue weighted by Crippen LogP contribution is 2.38. The number of carbonyl (C=O) groups excluding carboxylic acids is 1. The fourth-order valence-corrected chi connectivity index (χ4v) is 5.28. The summed E-state index contributed by atoms with van der Waals surface area (Å²) in [6.45, 7) is 0. The molecule has 1 aromatic heterocycles. The Kier molecular flexibility index (Phi) is 7.63. The topological polar surface area (TPSA) is 134 Å². The summed E-state index contributed by atoms with van der Waals surface area (Å²) in [4.78, 5) is 15.5. The Morgan fingerprint density at radius 3 is 2.38 bits per heavy atom. The number of nitrogens with one attached hydrogen (secondary N) is 1. The van der Waals surface area contributed by atoms with Gasteiger partial charge >= 0.3 is 6.18 Å². The number of carbonyl (C=O) groups is 1. The molecule has 9 nitrogen and oxygen atoms in total. The SMILES string of the molecule is CN(C1CC1)C(c1ccc(S(N)(=O)=O)cc1)c1cccc(NC(=O)c2cc(C(F)(F)F)nn2-c2cccc(C#N)c2)c1. The van der Waals surface area contributed by atoms with Gasteiger partial charge in [0.2, 0.25) is 10.0 Å². The second-order valence-corrected chi connectivity index (χ2v) is 11.5. The van der Waals surface area contributed by atoms with E-state index in [-0.39, 0.29) is 27.9 Å². The van der Waals surface area contributed by atoms with E-state index in [1.165, 1.54) is 36.4 Å². The first-order valence-electron chi connectivity index (χ1n) is 12.8. The fraction of sp³-hybridized carbons (Fsp3) is 0.207. The van der Waals surface area contributed by atoms with Gasteiger partial charge in [-0.3, -0.25) is 9.69 Å². The molecule has 1 heterocycles. The van der Waals surface area contributed by atoms with Gasteiger partial charge in [-0.2, -0.15) is 23.5 Å². The average Bonchev–Trinajstić information content (AvgIpc) is 3.69. The first-order chi connectivity index (χ1) is 19.8. The fourth-order valence-electron chi connectivity index (χ4n) is 4.76. The maximum Gasteiger partial charge on any atom is 0.435 e. The van der Waals surface area contributed by atoms with Gasteiger partial charge < -0.3 is 5.32 Å². The summed E-state index contributed by atoms with van der Waals surface area (Å²) >= 11 is 0. The van der Waals surface area contributed by atoms with Crippen LogP contribution in [0.2, 0.25) is 0 Å². The van der Waals surface area contributed by atoms with Crippen molar-refractivity contribution in [3.05, 3.63) is 107 Å². The Morgan fingerprint density at radius 2 is 1.76 bits per heavy atom. The van der Waals surface area contributed by atoms with E-state index in [1.807, 2.05) is 19.2 Å². The standard InChI is InChI=1S/C29H25F3N6O3S/c1-37(22-10-11-22)27(19-8-12-24(13-9-19)42(34,40)41)20-5-3-6-21(15-20)35-28(39)25-16-26(29(30,31)32)36-38(25)23-7-2-4-18(14-23)17-33/h2-9,12-16,22,27H,10-11H2,1H3,(H,35,39)(H2,34,40,41). The van der Waals surface area contributed by atoms with Crippen molar-refractivity contribution in [2.45, 2.75) is 36.0 Å². The molecule has 13 heteroatoms. The first kappa shape index (κ1) is 29.0. The summed E-state index contributed by atoms with van der Waals surface area (Å²) < 4.78 is 65.1. The molecule has 1 atom stereocenters. The Hall–Kier alpha value is -4.51. The van der Waals surface area contributed by atoms with E-state index in [4.69, 9.17) is 5.14 Å². The molecule has 1 saturated carbocycles. The van der Waals surface area contributed by atoms with Gasteiger partial charge in [-0.25, -0.2) is 18.2 Å². The molecular formula is C29H25F3N6O3S. The minimum absolute atomic E-state index is 0.0183. The number of anilines is 1. The zero-order chi connectivity index (χ0) is 30.2. The maximum atomic E-state index is 13.6. The van der Waals surface area contributed by atoms with Crippen LogP contribution < -0.4 is 10.5 Å². The molecule has 5 rings (SSSR count). The number of nitrogens with zero attached hydrogens (tertiary/aromatic N) is 4. The summed E-state index contributed by atoms with van der Waals surface area (Å²) in [6, 6.07) is 21.5. The quantitative estimate of drug-likeness (QED) is 0.300. The molecule has 3 aromatic carbocycles. The van der Waals surface area contributed by atoms with Crippen LogP contribution in [-0.4, -0.2) is 42.1 Å². The van der Waals surface area contributed by atoms with E-state index < -0.39 is 27.8 Å². The van der Waals surface area contributed by atoms with Crippen LogP contribution in [0.3, 0.4) is 0 Å². The predicted octanol–water partition coefficient (Wildman–Crippen LogP) is 4.85. The number of hydrogen-bond acceptors (Lipinski definition) is 6. The van der Waals surface area contributed by atoms with Crippen molar-refractivity contribution in [2.24, 2.45) is 5.14 Å². The second-order valence-electron chi connectivity index (χ2n) is 9.98. The van der Waals surface area contributed by atoms with Crippen LogP contribution in [0.5, 0.6) is 0 Å². The zero-order valence-electron chi connectivity index (χ0n) is 22.2. The lowest BCUT2D eigenvalue weighted by Crippen LogP contribution is -2.28. The van der Waals surface area contributed by atoms with Crippen LogP contribution in [0.1, 0.15) is 51.8 Å².